The molecule has 0 aromatic heterocycles. The van der Waals surface area contributed by atoms with E-state index in [1.165, 1.54) is 19.4 Å². The molecule has 2 fully saturated rings. The molecule has 0 bridgehead atoms. The zero-order chi connectivity index (χ0) is 10.2. The predicted octanol–water partition coefficient (Wildman–Crippen LogP) is 0.395. The number of rotatable bonds is 2. The van der Waals surface area contributed by atoms with E-state index in [1.54, 1.807) is 0 Å². The highest BCUT2D eigenvalue weighted by Crippen LogP contribution is 2.33. The Morgan fingerprint density at radius 2 is 2.14 bits per heavy atom. The molecule has 2 saturated heterocycles. The molecule has 0 saturated carbocycles. The van der Waals surface area contributed by atoms with E-state index in [0.717, 1.165) is 26.2 Å². The van der Waals surface area contributed by atoms with Crippen LogP contribution < -0.4 is 0 Å². The van der Waals surface area contributed by atoms with E-state index in [-0.39, 0.29) is 5.60 Å². The Labute approximate surface area is 86.7 Å². The fourth-order valence-corrected chi connectivity index (χ4v) is 2.93. The summed E-state index contributed by atoms with van der Waals surface area (Å²) >= 11 is 0. The molecule has 0 unspecified atom stereocenters. The maximum absolute atomic E-state index is 10.4. The number of hydrogen-bond acceptors (Lipinski definition) is 3. The topological polar surface area (TPSA) is 26.7 Å². The van der Waals surface area contributed by atoms with Crippen molar-refractivity contribution < 1.29 is 5.11 Å². The second-order valence-corrected chi connectivity index (χ2v) is 5.01. The van der Waals surface area contributed by atoms with Gasteiger partial charge in [0.2, 0.25) is 0 Å². The molecule has 0 amide bonds. The van der Waals surface area contributed by atoms with Gasteiger partial charge in [0.05, 0.1) is 5.60 Å². The SMILES string of the molecule is CCN1CCC[C@H](C2(O)CN(C)C2)C1. The molecule has 0 radical (unpaired) electrons. The molecule has 3 heteroatoms. The van der Waals surface area contributed by atoms with Crippen molar-refractivity contribution in [3.8, 4) is 0 Å². The maximum Gasteiger partial charge on any atom is 0.0940 e. The molecule has 0 spiro atoms. The molecule has 0 aromatic rings. The average molecular weight is 198 g/mol. The first-order chi connectivity index (χ1) is 6.64. The van der Waals surface area contributed by atoms with Crippen LogP contribution in [0.5, 0.6) is 0 Å². The van der Waals surface area contributed by atoms with Gasteiger partial charge in [-0.05, 0) is 33.0 Å². The Hall–Kier alpha value is -0.120. The van der Waals surface area contributed by atoms with Crippen LogP contribution in [0.15, 0.2) is 0 Å². The van der Waals surface area contributed by atoms with Crippen LogP contribution in [0.4, 0.5) is 0 Å². The third-order valence-electron chi connectivity index (χ3n) is 3.80. The highest BCUT2D eigenvalue weighted by molar-refractivity contribution is 5.00. The molecule has 0 aliphatic carbocycles. The summed E-state index contributed by atoms with van der Waals surface area (Å²) in [5, 5.41) is 10.4. The van der Waals surface area contributed by atoms with E-state index in [4.69, 9.17) is 0 Å². The quantitative estimate of drug-likeness (QED) is 0.695. The minimum absolute atomic E-state index is 0.372. The summed E-state index contributed by atoms with van der Waals surface area (Å²) in [4.78, 5) is 4.66. The predicted molar refractivity (Wildman–Crippen MR) is 57.3 cm³/mol. The molecule has 82 valence electrons. The van der Waals surface area contributed by atoms with E-state index in [1.807, 2.05) is 0 Å². The zero-order valence-electron chi connectivity index (χ0n) is 9.37. The lowest BCUT2D eigenvalue weighted by Gasteiger charge is -2.51. The van der Waals surface area contributed by atoms with Gasteiger partial charge in [0.15, 0.2) is 0 Å². The second kappa shape index (κ2) is 3.80. The number of aliphatic hydroxyl groups is 1. The van der Waals surface area contributed by atoms with Crippen LogP contribution in [0.25, 0.3) is 0 Å². The molecule has 1 N–H and O–H groups in total. The van der Waals surface area contributed by atoms with E-state index < -0.39 is 0 Å². The molecule has 0 aromatic carbocycles. The number of β-amino-alcohol motifs (C(OH)–C–C–N with tert-alkyl or cyclic N) is 1. The number of likely N-dealkylation sites (N-methyl/N-ethyl adjacent to an activating group) is 1. The Balaban J connectivity index is 1.91. The van der Waals surface area contributed by atoms with Crippen LogP contribution in [-0.2, 0) is 0 Å². The molecular formula is C11H22N2O. The fourth-order valence-electron chi connectivity index (χ4n) is 2.93. The lowest BCUT2D eigenvalue weighted by Crippen LogP contribution is -2.66. The third-order valence-corrected chi connectivity index (χ3v) is 3.80. The van der Waals surface area contributed by atoms with Gasteiger partial charge in [-0.15, -0.1) is 0 Å². The largest absolute Gasteiger partial charge is 0.387 e. The Morgan fingerprint density at radius 1 is 1.43 bits per heavy atom. The van der Waals surface area contributed by atoms with Crippen molar-refractivity contribution in [1.82, 2.24) is 9.80 Å². The second-order valence-electron chi connectivity index (χ2n) is 5.01. The van der Waals surface area contributed by atoms with Gasteiger partial charge in [0.25, 0.3) is 0 Å². The summed E-state index contributed by atoms with van der Waals surface area (Å²) < 4.78 is 0. The van der Waals surface area contributed by atoms with Gasteiger partial charge in [-0.25, -0.2) is 0 Å². The summed E-state index contributed by atoms with van der Waals surface area (Å²) in [6.45, 7) is 7.39. The molecule has 2 aliphatic rings. The van der Waals surface area contributed by atoms with E-state index in [0.29, 0.717) is 5.92 Å². The molecule has 2 heterocycles. The van der Waals surface area contributed by atoms with Crippen LogP contribution in [0.2, 0.25) is 0 Å². The molecule has 14 heavy (non-hydrogen) atoms. The van der Waals surface area contributed by atoms with Crippen molar-refractivity contribution in [2.24, 2.45) is 5.92 Å². The molecule has 2 rings (SSSR count). The minimum atomic E-state index is -0.372. The number of piperidine rings is 1. The first-order valence-electron chi connectivity index (χ1n) is 5.77. The zero-order valence-corrected chi connectivity index (χ0v) is 9.37. The van der Waals surface area contributed by atoms with Crippen LogP contribution in [0.3, 0.4) is 0 Å². The smallest absolute Gasteiger partial charge is 0.0940 e. The van der Waals surface area contributed by atoms with Gasteiger partial charge < -0.3 is 14.9 Å². The van der Waals surface area contributed by atoms with Gasteiger partial charge in [0.1, 0.15) is 0 Å². The lowest BCUT2D eigenvalue weighted by molar-refractivity contribution is -0.139. The summed E-state index contributed by atoms with van der Waals surface area (Å²) in [5.41, 5.74) is -0.372. The van der Waals surface area contributed by atoms with Gasteiger partial charge in [-0.3, -0.25) is 0 Å². The van der Waals surface area contributed by atoms with Crippen molar-refractivity contribution in [2.75, 3.05) is 39.8 Å². The summed E-state index contributed by atoms with van der Waals surface area (Å²) in [6.07, 6.45) is 2.46. The van der Waals surface area contributed by atoms with E-state index >= 15 is 0 Å². The number of nitrogens with zero attached hydrogens (tertiary/aromatic N) is 2. The Kier molecular flexibility index (Phi) is 2.82. The normalized spacial score (nSPS) is 34.1. The monoisotopic (exact) mass is 198 g/mol. The van der Waals surface area contributed by atoms with Crippen molar-refractivity contribution in [2.45, 2.75) is 25.4 Å². The van der Waals surface area contributed by atoms with Crippen molar-refractivity contribution in [1.29, 1.82) is 0 Å². The van der Waals surface area contributed by atoms with Gasteiger partial charge in [-0.1, -0.05) is 6.92 Å². The van der Waals surface area contributed by atoms with Crippen molar-refractivity contribution in [3.05, 3.63) is 0 Å². The van der Waals surface area contributed by atoms with E-state index in [9.17, 15) is 5.11 Å². The highest BCUT2D eigenvalue weighted by Gasteiger charge is 2.46. The lowest BCUT2D eigenvalue weighted by atomic mass is 9.76. The van der Waals surface area contributed by atoms with Crippen LogP contribution >= 0.6 is 0 Å². The molecule has 2 aliphatic heterocycles. The van der Waals surface area contributed by atoms with Gasteiger partial charge >= 0.3 is 0 Å². The molecular weight excluding hydrogens is 176 g/mol. The van der Waals surface area contributed by atoms with Crippen LogP contribution in [0, 0.1) is 5.92 Å². The maximum atomic E-state index is 10.4. The summed E-state index contributed by atoms with van der Waals surface area (Å²) in [7, 11) is 2.08. The van der Waals surface area contributed by atoms with Crippen molar-refractivity contribution in [3.63, 3.8) is 0 Å². The molecule has 3 nitrogen and oxygen atoms in total. The van der Waals surface area contributed by atoms with Crippen molar-refractivity contribution >= 4 is 0 Å². The minimum Gasteiger partial charge on any atom is -0.387 e. The first-order valence-corrected chi connectivity index (χ1v) is 5.77. The van der Waals surface area contributed by atoms with E-state index in [2.05, 4.69) is 23.8 Å². The van der Waals surface area contributed by atoms with Crippen LogP contribution in [-0.4, -0.2) is 60.3 Å². The standard InChI is InChI=1S/C11H22N2O/c1-3-13-6-4-5-10(7-13)11(14)8-12(2)9-11/h10,14H,3-9H2,1-2H3/t10-/m0/s1. The van der Waals surface area contributed by atoms with Crippen LogP contribution in [0.1, 0.15) is 19.8 Å². The Morgan fingerprint density at radius 3 is 2.71 bits per heavy atom. The molecule has 1 atom stereocenters. The third kappa shape index (κ3) is 1.81. The summed E-state index contributed by atoms with van der Waals surface area (Å²) in [6, 6.07) is 0. The fraction of sp³-hybridized carbons (Fsp3) is 1.00. The first kappa shape index (κ1) is 10.4. The Bertz CT molecular complexity index is 201. The summed E-state index contributed by atoms with van der Waals surface area (Å²) in [5.74, 6) is 0.507. The highest BCUT2D eigenvalue weighted by atomic mass is 16.3. The number of likely N-dealkylation sites (tertiary alicyclic amines) is 2. The van der Waals surface area contributed by atoms with Gasteiger partial charge in [0, 0.05) is 25.6 Å². The van der Waals surface area contributed by atoms with Gasteiger partial charge in [-0.2, -0.15) is 0 Å². The number of hydrogen-bond donors (Lipinski definition) is 1. The average Bonchev–Trinajstić information content (AvgIpc) is 2.16.